The SMILES string of the molecule is CC(C)c1ncc2c(n1)[C@@]1(CCCN(S(=O)(=O)[C@H]3CCS(=O)(=O)C3)C1)OCC2. The highest BCUT2D eigenvalue weighted by molar-refractivity contribution is 7.95. The van der Waals surface area contributed by atoms with Gasteiger partial charge in [0.15, 0.2) is 9.84 Å². The van der Waals surface area contributed by atoms with Gasteiger partial charge in [-0.2, -0.15) is 4.31 Å². The topological polar surface area (TPSA) is 107 Å². The Morgan fingerprint density at radius 1 is 1.36 bits per heavy atom. The Hall–Kier alpha value is -1.10. The van der Waals surface area contributed by atoms with Crippen LogP contribution >= 0.6 is 0 Å². The van der Waals surface area contributed by atoms with E-state index in [9.17, 15) is 16.8 Å². The van der Waals surface area contributed by atoms with Gasteiger partial charge in [-0.3, -0.25) is 0 Å². The van der Waals surface area contributed by atoms with E-state index < -0.39 is 30.7 Å². The maximum absolute atomic E-state index is 13.2. The Morgan fingerprint density at radius 2 is 2.14 bits per heavy atom. The zero-order chi connectivity index (χ0) is 20.2. The molecule has 3 aliphatic heterocycles. The molecule has 0 N–H and O–H groups in total. The highest BCUT2D eigenvalue weighted by atomic mass is 32.2. The first-order valence-electron chi connectivity index (χ1n) is 9.83. The number of sulfonamides is 1. The van der Waals surface area contributed by atoms with Crippen LogP contribution in [0.3, 0.4) is 0 Å². The van der Waals surface area contributed by atoms with Crippen molar-refractivity contribution in [2.24, 2.45) is 0 Å². The second-order valence-corrected chi connectivity index (χ2v) is 12.8. The van der Waals surface area contributed by atoms with E-state index in [1.165, 1.54) is 4.31 Å². The molecular weight excluding hydrogens is 402 g/mol. The van der Waals surface area contributed by atoms with E-state index in [1.54, 1.807) is 0 Å². The molecule has 1 spiro atoms. The van der Waals surface area contributed by atoms with Gasteiger partial charge in [-0.05, 0) is 31.2 Å². The minimum absolute atomic E-state index is 0.0554. The molecule has 28 heavy (non-hydrogen) atoms. The molecule has 2 saturated heterocycles. The summed E-state index contributed by atoms with van der Waals surface area (Å²) in [7, 11) is -6.98. The largest absolute Gasteiger partial charge is 0.367 e. The van der Waals surface area contributed by atoms with E-state index in [0.717, 1.165) is 17.1 Å². The van der Waals surface area contributed by atoms with Gasteiger partial charge in [-0.25, -0.2) is 26.8 Å². The van der Waals surface area contributed by atoms with E-state index in [0.29, 0.717) is 32.4 Å². The quantitative estimate of drug-likeness (QED) is 0.705. The molecule has 0 unspecified atom stereocenters. The fraction of sp³-hybridized carbons (Fsp3) is 0.778. The van der Waals surface area contributed by atoms with E-state index in [4.69, 9.17) is 9.72 Å². The Bertz CT molecular complexity index is 977. The van der Waals surface area contributed by atoms with Crippen LogP contribution in [0.1, 0.15) is 56.1 Å². The molecule has 0 bridgehead atoms. The number of ether oxygens (including phenoxy) is 1. The van der Waals surface area contributed by atoms with Crippen molar-refractivity contribution >= 4 is 19.9 Å². The number of aromatic nitrogens is 2. The van der Waals surface area contributed by atoms with Gasteiger partial charge in [-0.15, -0.1) is 0 Å². The Kier molecular flexibility index (Phi) is 5.05. The summed E-state index contributed by atoms with van der Waals surface area (Å²) in [6.45, 7) is 5.13. The van der Waals surface area contributed by atoms with Gasteiger partial charge in [0.25, 0.3) is 0 Å². The molecule has 0 radical (unpaired) electrons. The normalized spacial score (nSPS) is 30.6. The van der Waals surface area contributed by atoms with Crippen molar-refractivity contribution in [1.82, 2.24) is 14.3 Å². The maximum atomic E-state index is 13.2. The second kappa shape index (κ2) is 7.00. The first-order chi connectivity index (χ1) is 13.1. The van der Waals surface area contributed by atoms with Crippen LogP contribution in [0.5, 0.6) is 0 Å². The van der Waals surface area contributed by atoms with Crippen LogP contribution in [0.4, 0.5) is 0 Å². The maximum Gasteiger partial charge on any atom is 0.218 e. The number of hydrogen-bond acceptors (Lipinski definition) is 7. The van der Waals surface area contributed by atoms with Gasteiger partial charge in [0.05, 0.1) is 29.1 Å². The molecule has 2 atom stereocenters. The van der Waals surface area contributed by atoms with Crippen molar-refractivity contribution < 1.29 is 21.6 Å². The third kappa shape index (κ3) is 3.48. The monoisotopic (exact) mass is 429 g/mol. The standard InChI is InChI=1S/C18H27N3O5S2/c1-13(2)17-19-10-14-4-8-26-18(16(14)20-17)6-3-7-21(12-18)28(24,25)15-5-9-27(22,23)11-15/h10,13,15H,3-9,11-12H2,1-2H3/t15-,18-/m0/s1. The molecule has 0 saturated carbocycles. The van der Waals surface area contributed by atoms with Crippen LogP contribution in [-0.2, 0) is 36.6 Å². The first kappa shape index (κ1) is 20.2. The van der Waals surface area contributed by atoms with Crippen molar-refractivity contribution in [2.45, 2.75) is 56.3 Å². The summed E-state index contributed by atoms with van der Waals surface area (Å²) >= 11 is 0. The summed E-state index contributed by atoms with van der Waals surface area (Å²) in [5.41, 5.74) is 1.04. The van der Waals surface area contributed by atoms with Gasteiger partial charge < -0.3 is 4.74 Å². The van der Waals surface area contributed by atoms with Crippen LogP contribution in [0.25, 0.3) is 0 Å². The van der Waals surface area contributed by atoms with E-state index in [2.05, 4.69) is 4.98 Å². The molecule has 156 valence electrons. The lowest BCUT2D eigenvalue weighted by Gasteiger charge is -2.45. The summed E-state index contributed by atoms with van der Waals surface area (Å²) in [6.07, 6.45) is 4.08. The Morgan fingerprint density at radius 3 is 2.82 bits per heavy atom. The summed E-state index contributed by atoms with van der Waals surface area (Å²) < 4.78 is 57.6. The number of fused-ring (bicyclic) bond motifs is 2. The van der Waals surface area contributed by atoms with Crippen molar-refractivity contribution in [1.29, 1.82) is 0 Å². The van der Waals surface area contributed by atoms with Gasteiger partial charge in [-0.1, -0.05) is 13.8 Å². The summed E-state index contributed by atoms with van der Waals surface area (Å²) in [6, 6.07) is 0. The van der Waals surface area contributed by atoms with Crippen LogP contribution < -0.4 is 0 Å². The number of hydrogen-bond donors (Lipinski definition) is 0. The molecule has 4 heterocycles. The number of piperidine rings is 1. The summed E-state index contributed by atoms with van der Waals surface area (Å²) in [5, 5.41) is -0.854. The van der Waals surface area contributed by atoms with Crippen molar-refractivity contribution in [3.05, 3.63) is 23.3 Å². The summed E-state index contributed by atoms with van der Waals surface area (Å²) in [5.74, 6) is 0.553. The Labute approximate surface area is 166 Å². The smallest absolute Gasteiger partial charge is 0.218 e. The highest BCUT2D eigenvalue weighted by Crippen LogP contribution is 2.41. The lowest BCUT2D eigenvalue weighted by atomic mass is 9.85. The minimum atomic E-state index is -3.71. The molecule has 3 aliphatic rings. The number of nitrogens with zero attached hydrogens (tertiary/aromatic N) is 3. The average Bonchev–Trinajstić information content (AvgIpc) is 3.02. The molecule has 4 rings (SSSR count). The van der Waals surface area contributed by atoms with Crippen LogP contribution in [0, 0.1) is 0 Å². The lowest BCUT2D eigenvalue weighted by molar-refractivity contribution is -0.0937. The fourth-order valence-corrected chi connectivity index (χ4v) is 9.03. The molecule has 0 amide bonds. The predicted molar refractivity (Wildman–Crippen MR) is 104 cm³/mol. The number of sulfone groups is 1. The minimum Gasteiger partial charge on any atom is -0.367 e. The average molecular weight is 430 g/mol. The molecule has 1 aromatic heterocycles. The zero-order valence-electron chi connectivity index (χ0n) is 16.3. The molecule has 10 heteroatoms. The number of rotatable bonds is 3. The molecule has 0 aromatic carbocycles. The third-order valence-electron chi connectivity index (χ3n) is 5.97. The van der Waals surface area contributed by atoms with E-state index in [-0.39, 0.29) is 30.4 Å². The second-order valence-electron chi connectivity index (χ2n) is 8.36. The highest BCUT2D eigenvalue weighted by Gasteiger charge is 2.49. The predicted octanol–water partition coefficient (Wildman–Crippen LogP) is 0.981. The lowest BCUT2D eigenvalue weighted by Crippen LogP contribution is -2.54. The van der Waals surface area contributed by atoms with Gasteiger partial charge >= 0.3 is 0 Å². The van der Waals surface area contributed by atoms with Crippen molar-refractivity contribution in [2.75, 3.05) is 31.2 Å². The van der Waals surface area contributed by atoms with Gasteiger partial charge in [0.1, 0.15) is 11.4 Å². The summed E-state index contributed by atoms with van der Waals surface area (Å²) in [4.78, 5) is 9.22. The van der Waals surface area contributed by atoms with Crippen LogP contribution in [-0.4, -0.2) is 67.6 Å². The fourth-order valence-electron chi connectivity index (χ4n) is 4.42. The van der Waals surface area contributed by atoms with E-state index >= 15 is 0 Å². The molecular formula is C18H27N3O5S2. The molecule has 8 nitrogen and oxygen atoms in total. The van der Waals surface area contributed by atoms with Gasteiger partial charge in [0.2, 0.25) is 10.0 Å². The Balaban J connectivity index is 1.67. The van der Waals surface area contributed by atoms with E-state index in [1.807, 2.05) is 20.0 Å². The van der Waals surface area contributed by atoms with Crippen LogP contribution in [0.2, 0.25) is 0 Å². The van der Waals surface area contributed by atoms with Gasteiger partial charge in [0, 0.05) is 25.2 Å². The third-order valence-corrected chi connectivity index (χ3v) is 10.2. The first-order valence-corrected chi connectivity index (χ1v) is 13.2. The van der Waals surface area contributed by atoms with Crippen molar-refractivity contribution in [3.8, 4) is 0 Å². The molecule has 1 aromatic rings. The molecule has 0 aliphatic carbocycles. The van der Waals surface area contributed by atoms with Crippen LogP contribution in [0.15, 0.2) is 6.20 Å². The van der Waals surface area contributed by atoms with Crippen molar-refractivity contribution in [3.63, 3.8) is 0 Å². The zero-order valence-corrected chi connectivity index (χ0v) is 17.9. The molecule has 2 fully saturated rings.